The summed E-state index contributed by atoms with van der Waals surface area (Å²) in [7, 11) is 0. The Balaban J connectivity index is 1.80. The summed E-state index contributed by atoms with van der Waals surface area (Å²) in [6.07, 6.45) is 4.00. The number of hydrogen-bond donors (Lipinski definition) is 2. The van der Waals surface area contributed by atoms with Gasteiger partial charge in [0.05, 0.1) is 6.10 Å². The van der Waals surface area contributed by atoms with Gasteiger partial charge in [-0.25, -0.2) is 0 Å². The molecule has 1 aliphatic rings. The lowest BCUT2D eigenvalue weighted by atomic mass is 9.93. The Morgan fingerprint density at radius 1 is 1.11 bits per heavy atom. The van der Waals surface area contributed by atoms with Crippen LogP contribution < -0.4 is 5.32 Å². The van der Waals surface area contributed by atoms with Crippen LogP contribution in [0.1, 0.15) is 24.8 Å². The van der Waals surface area contributed by atoms with Crippen LogP contribution in [0.5, 0.6) is 0 Å². The van der Waals surface area contributed by atoms with Crippen molar-refractivity contribution in [3.63, 3.8) is 0 Å². The maximum Gasteiger partial charge on any atom is 0.0733 e. The molecule has 100 valence electrons. The number of aliphatic hydroxyl groups is 1. The lowest BCUT2D eigenvalue weighted by Gasteiger charge is -2.28. The van der Waals surface area contributed by atoms with Crippen LogP contribution in [0.4, 0.5) is 0 Å². The first-order chi connectivity index (χ1) is 9.34. The number of aliphatic hydroxyl groups excluding tert-OH is 1. The zero-order valence-corrected chi connectivity index (χ0v) is 11.2. The SMILES string of the molecule is OC(Cc1cccc2ccccc12)C1CCCCN1. The van der Waals surface area contributed by atoms with Gasteiger partial charge in [0.25, 0.3) is 0 Å². The molecular formula is C17H21NO. The van der Waals surface area contributed by atoms with Gasteiger partial charge in [0.2, 0.25) is 0 Å². The number of benzene rings is 2. The molecule has 0 aliphatic carbocycles. The maximum absolute atomic E-state index is 10.4. The second-order valence-corrected chi connectivity index (χ2v) is 5.47. The van der Waals surface area contributed by atoms with Crippen molar-refractivity contribution in [2.24, 2.45) is 0 Å². The molecule has 2 N–H and O–H groups in total. The number of nitrogens with one attached hydrogen (secondary N) is 1. The number of hydrogen-bond acceptors (Lipinski definition) is 2. The minimum Gasteiger partial charge on any atom is -0.391 e. The monoisotopic (exact) mass is 255 g/mol. The highest BCUT2D eigenvalue weighted by Crippen LogP contribution is 2.21. The minimum absolute atomic E-state index is 0.257. The molecule has 2 aromatic carbocycles. The fourth-order valence-electron chi connectivity index (χ4n) is 3.05. The fraction of sp³-hybridized carbons (Fsp3) is 0.412. The van der Waals surface area contributed by atoms with Gasteiger partial charge in [-0.2, -0.15) is 0 Å². The summed E-state index contributed by atoms with van der Waals surface area (Å²) >= 11 is 0. The van der Waals surface area contributed by atoms with E-state index in [9.17, 15) is 5.11 Å². The van der Waals surface area contributed by atoms with Crippen molar-refractivity contribution in [3.8, 4) is 0 Å². The molecule has 1 aliphatic heterocycles. The molecule has 0 bridgehead atoms. The molecule has 1 heterocycles. The van der Waals surface area contributed by atoms with Crippen molar-refractivity contribution in [1.29, 1.82) is 0 Å². The third kappa shape index (κ3) is 2.80. The van der Waals surface area contributed by atoms with Gasteiger partial charge in [0, 0.05) is 12.5 Å². The van der Waals surface area contributed by atoms with E-state index in [-0.39, 0.29) is 12.1 Å². The number of fused-ring (bicyclic) bond motifs is 1. The standard InChI is InChI=1S/C17H21NO/c19-17(16-10-3-4-11-18-16)12-14-8-5-7-13-6-1-2-9-15(13)14/h1-2,5-9,16-19H,3-4,10-12H2. The Labute approximate surface area is 114 Å². The van der Waals surface area contributed by atoms with E-state index >= 15 is 0 Å². The van der Waals surface area contributed by atoms with E-state index in [0.29, 0.717) is 0 Å². The van der Waals surface area contributed by atoms with Crippen molar-refractivity contribution >= 4 is 10.8 Å². The van der Waals surface area contributed by atoms with Gasteiger partial charge < -0.3 is 10.4 Å². The molecule has 3 rings (SSSR count). The largest absolute Gasteiger partial charge is 0.391 e. The predicted molar refractivity (Wildman–Crippen MR) is 79.3 cm³/mol. The van der Waals surface area contributed by atoms with E-state index < -0.39 is 0 Å². The highest BCUT2D eigenvalue weighted by Gasteiger charge is 2.21. The predicted octanol–water partition coefficient (Wildman–Crippen LogP) is 2.89. The minimum atomic E-state index is -0.286. The van der Waals surface area contributed by atoms with Crippen molar-refractivity contribution in [2.45, 2.75) is 37.8 Å². The molecule has 0 spiro atoms. The Morgan fingerprint density at radius 2 is 1.95 bits per heavy atom. The van der Waals surface area contributed by atoms with Gasteiger partial charge in [0.1, 0.15) is 0 Å². The summed E-state index contributed by atoms with van der Waals surface area (Å²) in [4.78, 5) is 0. The average Bonchev–Trinajstić information content (AvgIpc) is 2.48. The molecule has 0 saturated carbocycles. The van der Waals surface area contributed by atoms with Gasteiger partial charge in [-0.3, -0.25) is 0 Å². The third-order valence-electron chi connectivity index (χ3n) is 4.12. The van der Waals surface area contributed by atoms with Crippen LogP contribution in [0.15, 0.2) is 42.5 Å². The zero-order valence-electron chi connectivity index (χ0n) is 11.2. The lowest BCUT2D eigenvalue weighted by molar-refractivity contribution is 0.113. The first-order valence-corrected chi connectivity index (χ1v) is 7.23. The second kappa shape index (κ2) is 5.72. The van der Waals surface area contributed by atoms with Gasteiger partial charge in [0.15, 0.2) is 0 Å². The number of rotatable bonds is 3. The fourth-order valence-corrected chi connectivity index (χ4v) is 3.05. The Kier molecular flexibility index (Phi) is 3.81. The normalized spacial score (nSPS) is 21.4. The summed E-state index contributed by atoms with van der Waals surface area (Å²) in [5, 5.41) is 16.4. The van der Waals surface area contributed by atoms with Crippen LogP contribution in [0.3, 0.4) is 0 Å². The van der Waals surface area contributed by atoms with E-state index in [0.717, 1.165) is 19.4 Å². The highest BCUT2D eigenvalue weighted by atomic mass is 16.3. The Morgan fingerprint density at radius 3 is 2.79 bits per heavy atom. The maximum atomic E-state index is 10.4. The first-order valence-electron chi connectivity index (χ1n) is 7.23. The van der Waals surface area contributed by atoms with Crippen LogP contribution >= 0.6 is 0 Å². The van der Waals surface area contributed by atoms with E-state index in [4.69, 9.17) is 0 Å². The van der Waals surface area contributed by atoms with E-state index in [1.54, 1.807) is 0 Å². The molecule has 2 heteroatoms. The summed E-state index contributed by atoms with van der Waals surface area (Å²) < 4.78 is 0. The topological polar surface area (TPSA) is 32.3 Å². The summed E-state index contributed by atoms with van der Waals surface area (Å²) in [5.41, 5.74) is 1.25. The molecule has 1 saturated heterocycles. The van der Waals surface area contributed by atoms with Crippen molar-refractivity contribution in [1.82, 2.24) is 5.32 Å². The molecule has 0 radical (unpaired) electrons. The van der Waals surface area contributed by atoms with Gasteiger partial charge in [-0.15, -0.1) is 0 Å². The molecule has 2 nitrogen and oxygen atoms in total. The van der Waals surface area contributed by atoms with E-state index in [1.165, 1.54) is 29.2 Å². The second-order valence-electron chi connectivity index (χ2n) is 5.47. The van der Waals surface area contributed by atoms with Crippen LogP contribution in [0.25, 0.3) is 10.8 Å². The summed E-state index contributed by atoms with van der Waals surface area (Å²) in [5.74, 6) is 0. The molecular weight excluding hydrogens is 234 g/mol. The Hall–Kier alpha value is -1.38. The summed E-state index contributed by atoms with van der Waals surface area (Å²) in [6, 6.07) is 15.0. The molecule has 0 amide bonds. The lowest BCUT2D eigenvalue weighted by Crippen LogP contribution is -2.44. The molecule has 2 unspecified atom stereocenters. The molecule has 2 aromatic rings. The number of piperidine rings is 1. The van der Waals surface area contributed by atoms with Crippen LogP contribution in [0, 0.1) is 0 Å². The molecule has 19 heavy (non-hydrogen) atoms. The quantitative estimate of drug-likeness (QED) is 0.884. The Bertz CT molecular complexity index is 540. The van der Waals surface area contributed by atoms with Gasteiger partial charge in [-0.05, 0) is 35.7 Å². The first kappa shape index (κ1) is 12.6. The van der Waals surface area contributed by atoms with Crippen molar-refractivity contribution < 1.29 is 5.11 Å². The van der Waals surface area contributed by atoms with Crippen LogP contribution in [-0.2, 0) is 6.42 Å². The summed E-state index contributed by atoms with van der Waals surface area (Å²) in [6.45, 7) is 1.04. The van der Waals surface area contributed by atoms with Crippen LogP contribution in [0.2, 0.25) is 0 Å². The zero-order chi connectivity index (χ0) is 13.1. The van der Waals surface area contributed by atoms with Gasteiger partial charge in [-0.1, -0.05) is 48.9 Å². The van der Waals surface area contributed by atoms with Crippen LogP contribution in [-0.4, -0.2) is 23.8 Å². The molecule has 2 atom stereocenters. The van der Waals surface area contributed by atoms with Crippen molar-refractivity contribution in [3.05, 3.63) is 48.0 Å². The smallest absolute Gasteiger partial charge is 0.0733 e. The molecule has 0 aromatic heterocycles. The average molecular weight is 255 g/mol. The van der Waals surface area contributed by atoms with E-state index in [2.05, 4.69) is 47.8 Å². The third-order valence-corrected chi connectivity index (χ3v) is 4.12. The van der Waals surface area contributed by atoms with Gasteiger partial charge >= 0.3 is 0 Å². The highest BCUT2D eigenvalue weighted by molar-refractivity contribution is 5.85. The van der Waals surface area contributed by atoms with Crippen molar-refractivity contribution in [2.75, 3.05) is 6.54 Å². The van der Waals surface area contributed by atoms with E-state index in [1.807, 2.05) is 0 Å². The molecule has 1 fully saturated rings.